The lowest BCUT2D eigenvalue weighted by atomic mass is 10.2. The number of piperazine rings is 1. The van der Waals surface area contributed by atoms with Crippen molar-refractivity contribution in [2.75, 3.05) is 62.5 Å². The first-order valence-corrected chi connectivity index (χ1v) is 8.80. The maximum Gasteiger partial charge on any atom is 0.322 e. The highest BCUT2D eigenvalue weighted by Gasteiger charge is 2.23. The molecule has 1 fully saturated rings. The van der Waals surface area contributed by atoms with Crippen LogP contribution in [0.3, 0.4) is 0 Å². The second kappa shape index (κ2) is 7.99. The molecular weight excluding hydrogens is 328 g/mol. The maximum absolute atomic E-state index is 12.7. The van der Waals surface area contributed by atoms with Crippen molar-refractivity contribution in [3.05, 3.63) is 48.5 Å². The van der Waals surface area contributed by atoms with Crippen LogP contribution in [0, 0.1) is 0 Å². The topological polar surface area (TPSA) is 48.1 Å². The van der Waals surface area contributed by atoms with Gasteiger partial charge in [-0.2, -0.15) is 0 Å². The Bertz CT molecular complexity index is 755. The number of ether oxygens (including phenoxy) is 1. The number of methoxy groups -OCH3 is 1. The molecule has 0 aliphatic carbocycles. The number of hydrogen-bond donors (Lipinski definition) is 1. The number of carbonyl (C=O) groups excluding carboxylic acids is 1. The molecule has 3 rings (SSSR count). The molecule has 1 aliphatic rings. The molecule has 0 aromatic heterocycles. The molecule has 138 valence electrons. The molecule has 0 unspecified atom stereocenters. The summed E-state index contributed by atoms with van der Waals surface area (Å²) >= 11 is 0. The van der Waals surface area contributed by atoms with Gasteiger partial charge in [-0.1, -0.05) is 24.3 Å². The predicted octanol–water partition coefficient (Wildman–Crippen LogP) is 3.12. The van der Waals surface area contributed by atoms with Crippen molar-refractivity contribution in [3.63, 3.8) is 0 Å². The lowest BCUT2D eigenvalue weighted by Crippen LogP contribution is -2.50. The summed E-state index contributed by atoms with van der Waals surface area (Å²) in [5, 5.41) is 3.04. The fraction of sp³-hybridized carbons (Fsp3) is 0.350. The Kier molecular flexibility index (Phi) is 5.51. The number of benzene rings is 2. The van der Waals surface area contributed by atoms with E-state index in [0.29, 0.717) is 13.1 Å². The van der Waals surface area contributed by atoms with E-state index < -0.39 is 0 Å². The molecule has 1 N–H and O–H groups in total. The predicted molar refractivity (Wildman–Crippen MR) is 107 cm³/mol. The summed E-state index contributed by atoms with van der Waals surface area (Å²) in [7, 11) is 5.62. The minimum Gasteiger partial charge on any atom is -0.495 e. The minimum absolute atomic E-state index is 0.0565. The Hall–Kier alpha value is -2.89. The Morgan fingerprint density at radius 1 is 1.00 bits per heavy atom. The average Bonchev–Trinajstić information content (AvgIpc) is 2.68. The van der Waals surface area contributed by atoms with Crippen molar-refractivity contribution >= 4 is 23.1 Å². The molecule has 6 heteroatoms. The first-order chi connectivity index (χ1) is 12.6. The van der Waals surface area contributed by atoms with Crippen molar-refractivity contribution in [1.82, 2.24) is 4.90 Å². The van der Waals surface area contributed by atoms with Crippen molar-refractivity contribution in [2.24, 2.45) is 0 Å². The third kappa shape index (κ3) is 3.85. The Labute approximate surface area is 155 Å². The molecule has 26 heavy (non-hydrogen) atoms. The molecule has 1 aliphatic heterocycles. The number of carbonyl (C=O) groups is 1. The number of rotatable bonds is 4. The Balaban J connectivity index is 1.62. The van der Waals surface area contributed by atoms with Crippen molar-refractivity contribution in [3.8, 4) is 5.75 Å². The van der Waals surface area contributed by atoms with Gasteiger partial charge in [-0.05, 0) is 24.3 Å². The molecule has 2 aromatic carbocycles. The molecule has 1 heterocycles. The van der Waals surface area contributed by atoms with Crippen molar-refractivity contribution in [1.29, 1.82) is 0 Å². The highest BCUT2D eigenvalue weighted by molar-refractivity contribution is 5.93. The zero-order valence-electron chi connectivity index (χ0n) is 15.6. The van der Waals surface area contributed by atoms with Crippen LogP contribution >= 0.6 is 0 Å². The van der Waals surface area contributed by atoms with Crippen LogP contribution in [0.2, 0.25) is 0 Å². The van der Waals surface area contributed by atoms with Gasteiger partial charge in [0.25, 0.3) is 0 Å². The van der Waals surface area contributed by atoms with Crippen LogP contribution in [0.4, 0.5) is 21.9 Å². The number of para-hydroxylation sites is 4. The van der Waals surface area contributed by atoms with E-state index in [1.807, 2.05) is 66.4 Å². The van der Waals surface area contributed by atoms with E-state index in [4.69, 9.17) is 4.74 Å². The summed E-state index contributed by atoms with van der Waals surface area (Å²) in [4.78, 5) is 18.8. The number of urea groups is 1. The van der Waals surface area contributed by atoms with Gasteiger partial charge in [0.15, 0.2) is 0 Å². The van der Waals surface area contributed by atoms with Crippen LogP contribution in [0.1, 0.15) is 0 Å². The monoisotopic (exact) mass is 354 g/mol. The van der Waals surface area contributed by atoms with Gasteiger partial charge in [0.1, 0.15) is 5.75 Å². The van der Waals surface area contributed by atoms with Crippen LogP contribution in [-0.2, 0) is 0 Å². The molecule has 0 atom stereocenters. The maximum atomic E-state index is 12.7. The van der Waals surface area contributed by atoms with Gasteiger partial charge in [-0.3, -0.25) is 0 Å². The highest BCUT2D eigenvalue weighted by atomic mass is 16.5. The molecular formula is C20H26N4O2. The SMILES string of the molecule is COc1ccccc1N1CCN(C(=O)Nc2ccccc2N(C)C)CC1. The van der Waals surface area contributed by atoms with Crippen LogP contribution in [0.25, 0.3) is 0 Å². The Morgan fingerprint density at radius 2 is 1.65 bits per heavy atom. The lowest BCUT2D eigenvalue weighted by molar-refractivity contribution is 0.208. The molecule has 2 amide bonds. The number of anilines is 3. The second-order valence-corrected chi connectivity index (χ2v) is 6.49. The van der Waals surface area contributed by atoms with Crippen LogP contribution < -0.4 is 19.9 Å². The molecule has 2 aromatic rings. The van der Waals surface area contributed by atoms with E-state index in [1.54, 1.807) is 7.11 Å². The van der Waals surface area contributed by atoms with E-state index in [1.165, 1.54) is 0 Å². The van der Waals surface area contributed by atoms with Gasteiger partial charge in [-0.25, -0.2) is 4.79 Å². The van der Waals surface area contributed by atoms with E-state index in [9.17, 15) is 4.79 Å². The quantitative estimate of drug-likeness (QED) is 0.916. The summed E-state index contributed by atoms with van der Waals surface area (Å²) in [6.07, 6.45) is 0. The molecule has 6 nitrogen and oxygen atoms in total. The highest BCUT2D eigenvalue weighted by Crippen LogP contribution is 2.29. The third-order valence-corrected chi connectivity index (χ3v) is 4.62. The summed E-state index contributed by atoms with van der Waals surface area (Å²) in [6, 6.07) is 15.8. The number of nitrogens with one attached hydrogen (secondary N) is 1. The van der Waals surface area contributed by atoms with Crippen LogP contribution in [-0.4, -0.2) is 58.3 Å². The second-order valence-electron chi connectivity index (χ2n) is 6.49. The Morgan fingerprint density at radius 3 is 2.35 bits per heavy atom. The van der Waals surface area contributed by atoms with E-state index in [0.717, 1.165) is 35.9 Å². The van der Waals surface area contributed by atoms with E-state index in [-0.39, 0.29) is 6.03 Å². The van der Waals surface area contributed by atoms with Gasteiger partial charge < -0.3 is 24.8 Å². The fourth-order valence-electron chi connectivity index (χ4n) is 3.21. The largest absolute Gasteiger partial charge is 0.495 e. The van der Waals surface area contributed by atoms with Gasteiger partial charge in [-0.15, -0.1) is 0 Å². The molecule has 1 saturated heterocycles. The van der Waals surface area contributed by atoms with Gasteiger partial charge in [0.05, 0.1) is 24.2 Å². The minimum atomic E-state index is -0.0565. The summed E-state index contributed by atoms with van der Waals surface area (Å²) in [5.74, 6) is 0.866. The van der Waals surface area contributed by atoms with Crippen LogP contribution in [0.15, 0.2) is 48.5 Å². The average molecular weight is 354 g/mol. The zero-order chi connectivity index (χ0) is 18.5. The first kappa shape index (κ1) is 17.9. The number of amides is 2. The molecule has 0 bridgehead atoms. The van der Waals surface area contributed by atoms with Gasteiger partial charge in [0.2, 0.25) is 0 Å². The number of nitrogens with zero attached hydrogens (tertiary/aromatic N) is 3. The van der Waals surface area contributed by atoms with Gasteiger partial charge in [0, 0.05) is 40.3 Å². The fourth-order valence-corrected chi connectivity index (χ4v) is 3.21. The van der Waals surface area contributed by atoms with E-state index in [2.05, 4.69) is 16.3 Å². The number of hydrogen-bond acceptors (Lipinski definition) is 4. The van der Waals surface area contributed by atoms with E-state index >= 15 is 0 Å². The smallest absolute Gasteiger partial charge is 0.322 e. The van der Waals surface area contributed by atoms with Crippen molar-refractivity contribution < 1.29 is 9.53 Å². The standard InChI is InChI=1S/C20H26N4O2/c1-22(2)17-9-5-4-8-16(17)21-20(25)24-14-12-23(13-15-24)18-10-6-7-11-19(18)26-3/h4-11H,12-15H2,1-3H3,(H,21,25). The zero-order valence-corrected chi connectivity index (χ0v) is 15.6. The summed E-state index contributed by atoms with van der Waals surface area (Å²) in [6.45, 7) is 2.91. The first-order valence-electron chi connectivity index (χ1n) is 8.80. The molecule has 0 spiro atoms. The van der Waals surface area contributed by atoms with Gasteiger partial charge >= 0.3 is 6.03 Å². The third-order valence-electron chi connectivity index (χ3n) is 4.62. The summed E-state index contributed by atoms with van der Waals surface area (Å²) in [5.41, 5.74) is 2.90. The normalized spacial score (nSPS) is 14.1. The molecule has 0 radical (unpaired) electrons. The molecule has 0 saturated carbocycles. The lowest BCUT2D eigenvalue weighted by Gasteiger charge is -2.36. The van der Waals surface area contributed by atoms with Crippen molar-refractivity contribution in [2.45, 2.75) is 0 Å². The van der Waals surface area contributed by atoms with Crippen LogP contribution in [0.5, 0.6) is 5.75 Å². The summed E-state index contributed by atoms with van der Waals surface area (Å²) < 4.78 is 5.45.